The molecule has 0 aromatic rings. The van der Waals surface area contributed by atoms with Crippen molar-refractivity contribution in [2.75, 3.05) is 13.2 Å². The molecule has 0 rings (SSSR count). The lowest BCUT2D eigenvalue weighted by Gasteiger charge is -2.18. The molecule has 0 spiro atoms. The molecule has 1 atom stereocenters. The molecule has 0 N–H and O–H groups in total. The van der Waals surface area contributed by atoms with Crippen molar-refractivity contribution in [1.29, 1.82) is 0 Å². The first-order chi connectivity index (χ1) is 33.0. The van der Waals surface area contributed by atoms with E-state index in [1.54, 1.807) is 0 Å². The van der Waals surface area contributed by atoms with E-state index in [0.29, 0.717) is 19.3 Å². The van der Waals surface area contributed by atoms with Gasteiger partial charge in [0, 0.05) is 19.3 Å². The van der Waals surface area contributed by atoms with Crippen molar-refractivity contribution in [3.05, 3.63) is 72.9 Å². The van der Waals surface area contributed by atoms with E-state index in [-0.39, 0.29) is 31.1 Å². The maximum atomic E-state index is 12.8. The molecular formula is C61H106O6. The number of esters is 3. The summed E-state index contributed by atoms with van der Waals surface area (Å²) in [6, 6.07) is 0. The highest BCUT2D eigenvalue weighted by atomic mass is 16.6. The maximum absolute atomic E-state index is 12.8. The molecule has 0 amide bonds. The van der Waals surface area contributed by atoms with Gasteiger partial charge in [-0.05, 0) is 70.6 Å². The molecule has 0 saturated carbocycles. The van der Waals surface area contributed by atoms with E-state index in [1.165, 1.54) is 154 Å². The molecule has 0 radical (unpaired) electrons. The average Bonchev–Trinajstić information content (AvgIpc) is 3.33. The highest BCUT2D eigenvalue weighted by Crippen LogP contribution is 2.16. The van der Waals surface area contributed by atoms with Crippen LogP contribution in [0.4, 0.5) is 0 Å². The number of hydrogen-bond donors (Lipinski definition) is 0. The van der Waals surface area contributed by atoms with Crippen molar-refractivity contribution in [1.82, 2.24) is 0 Å². The van der Waals surface area contributed by atoms with Crippen LogP contribution in [0.1, 0.15) is 278 Å². The Labute approximate surface area is 414 Å². The first kappa shape index (κ1) is 63.8. The normalized spacial score (nSPS) is 12.6. The molecule has 0 aliphatic carbocycles. The zero-order valence-corrected chi connectivity index (χ0v) is 44.2. The number of hydrogen-bond acceptors (Lipinski definition) is 6. The fourth-order valence-corrected chi connectivity index (χ4v) is 8.01. The Morgan fingerprint density at radius 2 is 0.642 bits per heavy atom. The van der Waals surface area contributed by atoms with Gasteiger partial charge in [0.2, 0.25) is 0 Å². The Morgan fingerprint density at radius 1 is 0.328 bits per heavy atom. The highest BCUT2D eigenvalue weighted by molar-refractivity contribution is 5.71. The van der Waals surface area contributed by atoms with Gasteiger partial charge in [-0.15, -0.1) is 0 Å². The number of allylic oxidation sites excluding steroid dienone is 12. The monoisotopic (exact) mass is 935 g/mol. The number of carbonyl (C=O) groups excluding carboxylic acids is 3. The van der Waals surface area contributed by atoms with Crippen LogP contribution < -0.4 is 0 Å². The second-order valence-electron chi connectivity index (χ2n) is 18.9. The highest BCUT2D eigenvalue weighted by Gasteiger charge is 2.19. The first-order valence-corrected chi connectivity index (χ1v) is 28.5. The van der Waals surface area contributed by atoms with Gasteiger partial charge in [0.15, 0.2) is 6.10 Å². The summed E-state index contributed by atoms with van der Waals surface area (Å²) in [5, 5.41) is 0. The average molecular weight is 936 g/mol. The van der Waals surface area contributed by atoms with E-state index in [1.807, 2.05) is 30.4 Å². The van der Waals surface area contributed by atoms with Crippen LogP contribution in [0.5, 0.6) is 0 Å². The predicted octanol–water partition coefficient (Wildman–Crippen LogP) is 19.0. The molecular weight excluding hydrogens is 829 g/mol. The zero-order valence-electron chi connectivity index (χ0n) is 44.2. The minimum Gasteiger partial charge on any atom is -0.462 e. The third kappa shape index (κ3) is 53.7. The SMILES string of the molecule is CC\C=C/C=C\C=C/C=C\CCCCCC(=O)OCC(COC(=O)CCCCCCCCCCCCCCCCCCCCC)OC(=O)CCCCCCCCC/C=C\C/C=C\CCCCC. The van der Waals surface area contributed by atoms with Crippen molar-refractivity contribution in [2.24, 2.45) is 0 Å². The van der Waals surface area contributed by atoms with Crippen molar-refractivity contribution in [3.63, 3.8) is 0 Å². The lowest BCUT2D eigenvalue weighted by Crippen LogP contribution is -2.30. The number of ether oxygens (including phenoxy) is 3. The summed E-state index contributed by atoms with van der Waals surface area (Å²) in [7, 11) is 0. The number of carbonyl (C=O) groups is 3. The van der Waals surface area contributed by atoms with E-state index < -0.39 is 6.10 Å². The van der Waals surface area contributed by atoms with E-state index in [4.69, 9.17) is 14.2 Å². The fraction of sp³-hybridized carbons (Fsp3) is 0.754. The quantitative estimate of drug-likeness (QED) is 0.0199. The molecule has 0 fully saturated rings. The van der Waals surface area contributed by atoms with Gasteiger partial charge in [0.1, 0.15) is 13.2 Å². The first-order valence-electron chi connectivity index (χ1n) is 28.5. The van der Waals surface area contributed by atoms with Crippen LogP contribution in [0.3, 0.4) is 0 Å². The van der Waals surface area contributed by atoms with Gasteiger partial charge in [0.25, 0.3) is 0 Å². The summed E-state index contributed by atoms with van der Waals surface area (Å²) in [5.74, 6) is -0.929. The summed E-state index contributed by atoms with van der Waals surface area (Å²) in [6.45, 7) is 6.46. The molecule has 6 nitrogen and oxygen atoms in total. The Morgan fingerprint density at radius 3 is 1.07 bits per heavy atom. The summed E-state index contributed by atoms with van der Waals surface area (Å²) in [4.78, 5) is 38.1. The third-order valence-electron chi connectivity index (χ3n) is 12.3. The van der Waals surface area contributed by atoms with Crippen LogP contribution in [0, 0.1) is 0 Å². The molecule has 6 heteroatoms. The fourth-order valence-electron chi connectivity index (χ4n) is 8.01. The smallest absolute Gasteiger partial charge is 0.306 e. The Bertz CT molecular complexity index is 1260. The summed E-state index contributed by atoms with van der Waals surface area (Å²) in [5.41, 5.74) is 0. The van der Waals surface area contributed by atoms with Crippen molar-refractivity contribution < 1.29 is 28.6 Å². The number of unbranched alkanes of at least 4 members (excludes halogenated alkanes) is 31. The standard InChI is InChI=1S/C61H106O6/c1-4-7-10-13-16-19-22-25-27-29-30-32-33-36-39-42-45-48-51-54-60(63)66-57-58(56-65-59(62)53-50-47-44-41-38-35-24-21-18-15-12-9-6-3)67-61(64)55-52-49-46-43-40-37-34-31-28-26-23-20-17-14-11-8-5-2/h9,12,15,17-18,20-21,24,26,28,35,38,58H,4-8,10-11,13-14,16,19,22-23,25,27,29-34,36-37,39-57H2,1-3H3/b12-9-,18-15-,20-17-,24-21-,28-26-,38-35-. The molecule has 0 aromatic heterocycles. The second-order valence-corrected chi connectivity index (χ2v) is 18.9. The van der Waals surface area contributed by atoms with Gasteiger partial charge in [-0.3, -0.25) is 14.4 Å². The molecule has 0 bridgehead atoms. The van der Waals surface area contributed by atoms with Gasteiger partial charge >= 0.3 is 17.9 Å². The van der Waals surface area contributed by atoms with Gasteiger partial charge in [-0.25, -0.2) is 0 Å². The third-order valence-corrected chi connectivity index (χ3v) is 12.3. The molecule has 0 aromatic carbocycles. The minimum atomic E-state index is -0.794. The van der Waals surface area contributed by atoms with Crippen LogP contribution >= 0.6 is 0 Å². The van der Waals surface area contributed by atoms with Crippen LogP contribution in [0.2, 0.25) is 0 Å². The van der Waals surface area contributed by atoms with E-state index >= 15 is 0 Å². The summed E-state index contributed by atoms with van der Waals surface area (Å²) < 4.78 is 16.8. The van der Waals surface area contributed by atoms with E-state index in [0.717, 1.165) is 83.5 Å². The van der Waals surface area contributed by atoms with Crippen LogP contribution in [-0.4, -0.2) is 37.2 Å². The molecule has 67 heavy (non-hydrogen) atoms. The van der Waals surface area contributed by atoms with Crippen LogP contribution in [-0.2, 0) is 28.6 Å². The predicted molar refractivity (Wildman–Crippen MR) is 288 cm³/mol. The maximum Gasteiger partial charge on any atom is 0.306 e. The summed E-state index contributed by atoms with van der Waals surface area (Å²) in [6.07, 6.45) is 70.4. The van der Waals surface area contributed by atoms with E-state index in [9.17, 15) is 14.4 Å². The second kappa shape index (κ2) is 55.4. The van der Waals surface area contributed by atoms with Crippen molar-refractivity contribution in [2.45, 2.75) is 284 Å². The van der Waals surface area contributed by atoms with Gasteiger partial charge in [-0.1, -0.05) is 261 Å². The Hall–Kier alpha value is -3.15. The molecule has 0 aliphatic rings. The van der Waals surface area contributed by atoms with E-state index in [2.05, 4.69) is 63.3 Å². The van der Waals surface area contributed by atoms with Gasteiger partial charge < -0.3 is 14.2 Å². The number of rotatable bonds is 51. The Balaban J connectivity index is 4.38. The molecule has 0 aliphatic heterocycles. The molecule has 386 valence electrons. The van der Waals surface area contributed by atoms with Crippen LogP contribution in [0.25, 0.3) is 0 Å². The lowest BCUT2D eigenvalue weighted by molar-refractivity contribution is -0.167. The minimum absolute atomic E-state index is 0.0894. The van der Waals surface area contributed by atoms with Crippen molar-refractivity contribution in [3.8, 4) is 0 Å². The van der Waals surface area contributed by atoms with Crippen LogP contribution in [0.15, 0.2) is 72.9 Å². The van der Waals surface area contributed by atoms with Gasteiger partial charge in [-0.2, -0.15) is 0 Å². The molecule has 0 heterocycles. The molecule has 0 saturated heterocycles. The lowest BCUT2D eigenvalue weighted by atomic mass is 10.0. The Kier molecular flexibility index (Phi) is 52.8. The topological polar surface area (TPSA) is 78.9 Å². The zero-order chi connectivity index (χ0) is 48.6. The summed E-state index contributed by atoms with van der Waals surface area (Å²) >= 11 is 0. The van der Waals surface area contributed by atoms with Gasteiger partial charge in [0.05, 0.1) is 0 Å². The van der Waals surface area contributed by atoms with Crippen molar-refractivity contribution >= 4 is 17.9 Å². The molecule has 1 unspecified atom stereocenters. The largest absolute Gasteiger partial charge is 0.462 e.